The monoisotopic (exact) mass is 416 g/mol. The fraction of sp³-hybridized carbons (Fsp3) is 0.500. The minimum Gasteiger partial charge on any atom is -0.479 e. The molecule has 0 bridgehead atoms. The van der Waals surface area contributed by atoms with E-state index in [0.29, 0.717) is 24.0 Å². The van der Waals surface area contributed by atoms with Gasteiger partial charge in [0.05, 0.1) is 23.0 Å². The average Bonchev–Trinajstić information content (AvgIpc) is 3.14. The number of nitrogens with zero attached hydrogens (tertiary/aromatic N) is 2. The second kappa shape index (κ2) is 9.39. The Labute approximate surface area is 175 Å². The molecule has 156 valence electrons. The van der Waals surface area contributed by atoms with Crippen LogP contribution in [0.2, 0.25) is 0 Å². The molecule has 0 fully saturated rings. The summed E-state index contributed by atoms with van der Waals surface area (Å²) in [6.07, 6.45) is 2.14. The number of carbonyl (C=O) groups is 2. The summed E-state index contributed by atoms with van der Waals surface area (Å²) in [6.45, 7) is 8.19. The van der Waals surface area contributed by atoms with Crippen molar-refractivity contribution >= 4 is 28.9 Å². The first-order valence-corrected chi connectivity index (χ1v) is 11.0. The molecular formula is C22H28N2O4S. The van der Waals surface area contributed by atoms with Crippen molar-refractivity contribution in [3.63, 3.8) is 0 Å². The first-order chi connectivity index (χ1) is 13.9. The molecule has 3 rings (SSSR count). The van der Waals surface area contributed by atoms with Crippen LogP contribution in [-0.4, -0.2) is 36.1 Å². The van der Waals surface area contributed by atoms with E-state index in [9.17, 15) is 9.59 Å². The van der Waals surface area contributed by atoms with Gasteiger partial charge in [-0.1, -0.05) is 20.8 Å². The summed E-state index contributed by atoms with van der Waals surface area (Å²) in [5.74, 6) is 0.371. The van der Waals surface area contributed by atoms with Gasteiger partial charge in [0.1, 0.15) is 12.3 Å². The topological polar surface area (TPSA) is 68.7 Å². The summed E-state index contributed by atoms with van der Waals surface area (Å²) in [5, 5.41) is 3.11. The van der Waals surface area contributed by atoms with Gasteiger partial charge in [-0.05, 0) is 50.3 Å². The van der Waals surface area contributed by atoms with Crippen molar-refractivity contribution in [2.24, 2.45) is 5.92 Å². The Morgan fingerprint density at radius 1 is 1.38 bits per heavy atom. The number of carbonyl (C=O) groups excluding carboxylic acids is 2. The maximum Gasteiger partial charge on any atom is 0.326 e. The summed E-state index contributed by atoms with van der Waals surface area (Å²) in [7, 11) is 0. The predicted octanol–water partition coefficient (Wildman–Crippen LogP) is 4.47. The molecule has 1 aromatic heterocycles. The number of benzene rings is 1. The van der Waals surface area contributed by atoms with Gasteiger partial charge >= 0.3 is 5.97 Å². The van der Waals surface area contributed by atoms with E-state index in [1.165, 1.54) is 4.90 Å². The van der Waals surface area contributed by atoms with E-state index >= 15 is 0 Å². The van der Waals surface area contributed by atoms with Crippen molar-refractivity contribution in [1.82, 2.24) is 4.98 Å². The smallest absolute Gasteiger partial charge is 0.326 e. The van der Waals surface area contributed by atoms with E-state index in [2.05, 4.69) is 25.8 Å². The van der Waals surface area contributed by atoms with Gasteiger partial charge in [-0.2, -0.15) is 0 Å². The Kier molecular flexibility index (Phi) is 6.90. The number of rotatable bonds is 8. The molecule has 2 aromatic rings. The molecule has 0 aliphatic carbocycles. The zero-order chi connectivity index (χ0) is 21.0. The third-order valence-electron chi connectivity index (χ3n) is 4.72. The second-order valence-corrected chi connectivity index (χ2v) is 8.59. The predicted molar refractivity (Wildman–Crippen MR) is 114 cm³/mol. The van der Waals surface area contributed by atoms with Crippen LogP contribution in [0.4, 0.5) is 5.69 Å². The van der Waals surface area contributed by atoms with Crippen molar-refractivity contribution in [3.05, 3.63) is 28.6 Å². The molecule has 0 spiro atoms. The van der Waals surface area contributed by atoms with Crippen molar-refractivity contribution in [1.29, 1.82) is 0 Å². The molecule has 29 heavy (non-hydrogen) atoms. The van der Waals surface area contributed by atoms with Gasteiger partial charge in [0, 0.05) is 10.9 Å². The van der Waals surface area contributed by atoms with Gasteiger partial charge in [0.25, 0.3) is 5.91 Å². The zero-order valence-corrected chi connectivity index (χ0v) is 18.3. The fourth-order valence-corrected chi connectivity index (χ4v) is 3.99. The molecule has 1 atom stereocenters. The molecule has 0 N–H and O–H groups in total. The zero-order valence-electron chi connectivity index (χ0n) is 17.4. The summed E-state index contributed by atoms with van der Waals surface area (Å²) in [4.78, 5) is 31.2. The number of hydrogen-bond donors (Lipinski definition) is 0. The normalized spacial score (nSPS) is 16.0. The van der Waals surface area contributed by atoms with Crippen LogP contribution in [0.15, 0.2) is 23.6 Å². The summed E-state index contributed by atoms with van der Waals surface area (Å²) in [5.41, 5.74) is 2.34. The van der Waals surface area contributed by atoms with Crippen LogP contribution < -0.4 is 9.64 Å². The molecule has 7 heteroatoms. The molecule has 1 unspecified atom stereocenters. The number of ether oxygens (including phenoxy) is 2. The second-order valence-electron chi connectivity index (χ2n) is 7.65. The molecule has 6 nitrogen and oxygen atoms in total. The van der Waals surface area contributed by atoms with E-state index < -0.39 is 12.1 Å². The van der Waals surface area contributed by atoms with Gasteiger partial charge in [-0.15, -0.1) is 11.3 Å². The number of thiazole rings is 1. The van der Waals surface area contributed by atoms with Crippen LogP contribution in [0.5, 0.6) is 5.75 Å². The van der Waals surface area contributed by atoms with Crippen molar-refractivity contribution in [2.75, 3.05) is 18.1 Å². The minimum atomic E-state index is -0.646. The molecular weight excluding hydrogens is 388 g/mol. The Hall–Kier alpha value is -2.41. The van der Waals surface area contributed by atoms with E-state index in [4.69, 9.17) is 9.47 Å². The molecule has 1 aromatic carbocycles. The quantitative estimate of drug-likeness (QED) is 0.594. The summed E-state index contributed by atoms with van der Waals surface area (Å²) >= 11 is 1.63. The lowest BCUT2D eigenvalue weighted by atomic mass is 10.1. The summed E-state index contributed by atoms with van der Waals surface area (Å²) in [6, 6.07) is 5.64. The maximum absolute atomic E-state index is 12.7. The van der Waals surface area contributed by atoms with Gasteiger partial charge < -0.3 is 9.47 Å². The SMILES string of the molecule is CCCc1nc(-c2ccc3c(c2)N(CC(=O)OCCC(C)C)C(=O)C(C)O3)cs1. The number of hydrogen-bond acceptors (Lipinski definition) is 6. The highest BCUT2D eigenvalue weighted by atomic mass is 32.1. The lowest BCUT2D eigenvalue weighted by Crippen LogP contribution is -2.47. The lowest BCUT2D eigenvalue weighted by molar-refractivity contribution is -0.143. The van der Waals surface area contributed by atoms with Gasteiger partial charge in [-0.3, -0.25) is 14.5 Å². The van der Waals surface area contributed by atoms with Crippen LogP contribution in [0, 0.1) is 5.92 Å². The highest BCUT2D eigenvalue weighted by Gasteiger charge is 2.33. The van der Waals surface area contributed by atoms with E-state index in [1.807, 2.05) is 23.6 Å². The van der Waals surface area contributed by atoms with Crippen molar-refractivity contribution in [3.8, 4) is 17.0 Å². The van der Waals surface area contributed by atoms with E-state index in [1.54, 1.807) is 18.3 Å². The largest absolute Gasteiger partial charge is 0.479 e. The molecule has 2 heterocycles. The average molecular weight is 417 g/mol. The van der Waals surface area contributed by atoms with Crippen molar-refractivity contribution < 1.29 is 19.1 Å². The standard InChI is InChI=1S/C22H28N2O4S/c1-5-6-20-23-17(13-29-20)16-7-8-19-18(11-16)24(22(26)15(4)28-19)12-21(25)27-10-9-14(2)3/h7-8,11,13-15H,5-6,9-10,12H2,1-4H3. The van der Waals surface area contributed by atoms with E-state index in [0.717, 1.165) is 35.5 Å². The Morgan fingerprint density at radius 2 is 2.17 bits per heavy atom. The third-order valence-corrected chi connectivity index (χ3v) is 5.63. The minimum absolute atomic E-state index is 0.126. The third kappa shape index (κ3) is 5.15. The first-order valence-electron chi connectivity index (χ1n) is 10.1. The Morgan fingerprint density at radius 3 is 2.90 bits per heavy atom. The van der Waals surface area contributed by atoms with Gasteiger partial charge in [-0.25, -0.2) is 4.98 Å². The van der Waals surface area contributed by atoms with Crippen molar-refractivity contribution in [2.45, 2.75) is 53.1 Å². The van der Waals surface area contributed by atoms with E-state index in [-0.39, 0.29) is 12.5 Å². The van der Waals surface area contributed by atoms with Crippen LogP contribution in [-0.2, 0) is 20.7 Å². The van der Waals surface area contributed by atoms with Gasteiger partial charge in [0.15, 0.2) is 6.10 Å². The Balaban J connectivity index is 1.82. The number of fused-ring (bicyclic) bond motifs is 1. The Bertz CT molecular complexity index is 877. The summed E-state index contributed by atoms with van der Waals surface area (Å²) < 4.78 is 11.1. The molecule has 0 radical (unpaired) electrons. The highest BCUT2D eigenvalue weighted by molar-refractivity contribution is 7.09. The number of amides is 1. The maximum atomic E-state index is 12.7. The molecule has 1 amide bonds. The molecule has 1 aliphatic rings. The van der Waals surface area contributed by atoms with Crippen LogP contribution in [0.25, 0.3) is 11.3 Å². The van der Waals surface area contributed by atoms with Gasteiger partial charge in [0.2, 0.25) is 0 Å². The number of aryl methyl sites for hydroxylation is 1. The lowest BCUT2D eigenvalue weighted by Gasteiger charge is -2.32. The number of aromatic nitrogens is 1. The van der Waals surface area contributed by atoms with Crippen LogP contribution in [0.3, 0.4) is 0 Å². The molecule has 1 aliphatic heterocycles. The highest BCUT2D eigenvalue weighted by Crippen LogP contribution is 2.37. The van der Waals surface area contributed by atoms with Crippen LogP contribution >= 0.6 is 11.3 Å². The first kappa shape index (κ1) is 21.3. The molecule has 0 saturated heterocycles. The number of anilines is 1. The van der Waals surface area contributed by atoms with Crippen LogP contribution in [0.1, 0.15) is 45.5 Å². The fourth-order valence-electron chi connectivity index (χ4n) is 3.08. The molecule has 0 saturated carbocycles. The number of esters is 1.